The molecule has 4 unspecified atom stereocenters. The second-order valence-electron chi connectivity index (χ2n) is 6.49. The maximum absolute atomic E-state index is 12.8. The Hall–Kier alpha value is -1.64. The fraction of sp³-hybridized carbons (Fsp3) is 0.588. The quantitative estimate of drug-likeness (QED) is 0.824. The molecule has 0 aromatic carbocycles. The van der Waals surface area contributed by atoms with E-state index < -0.39 is 0 Å². The minimum absolute atomic E-state index is 0.0738. The number of carbonyl (C=O) groups is 2. The van der Waals surface area contributed by atoms with Gasteiger partial charge in [-0.05, 0) is 18.6 Å². The molecule has 8 heteroatoms. The topological polar surface area (TPSA) is 77.6 Å². The number of thioether (sulfide) groups is 1. The molecule has 3 rings (SSSR count). The zero-order valence-corrected chi connectivity index (χ0v) is 15.6. The number of amides is 3. The highest BCUT2D eigenvalue weighted by atomic mass is 32.2. The summed E-state index contributed by atoms with van der Waals surface area (Å²) in [5, 5.41) is 6.91. The van der Waals surface area contributed by atoms with E-state index in [1.807, 2.05) is 18.2 Å². The van der Waals surface area contributed by atoms with Crippen LogP contribution in [0.4, 0.5) is 4.79 Å². The molecule has 1 aromatic heterocycles. The van der Waals surface area contributed by atoms with Crippen LogP contribution in [0.15, 0.2) is 24.4 Å². The fourth-order valence-electron chi connectivity index (χ4n) is 3.38. The zero-order chi connectivity index (χ0) is 18.0. The van der Waals surface area contributed by atoms with Gasteiger partial charge in [-0.2, -0.15) is 0 Å². The van der Waals surface area contributed by atoms with Crippen LogP contribution >= 0.6 is 11.8 Å². The van der Waals surface area contributed by atoms with E-state index in [0.717, 1.165) is 24.3 Å². The van der Waals surface area contributed by atoms with Gasteiger partial charge in [0.15, 0.2) is 0 Å². The van der Waals surface area contributed by atoms with Crippen molar-refractivity contribution in [2.75, 3.05) is 14.1 Å². The van der Waals surface area contributed by atoms with Gasteiger partial charge in [0.1, 0.15) is 0 Å². The van der Waals surface area contributed by atoms with Crippen LogP contribution in [0.2, 0.25) is 0 Å². The average molecular weight is 363 g/mol. The lowest BCUT2D eigenvalue weighted by molar-refractivity contribution is -0.140. The van der Waals surface area contributed by atoms with Gasteiger partial charge in [-0.3, -0.25) is 25.3 Å². The van der Waals surface area contributed by atoms with Gasteiger partial charge in [-0.15, -0.1) is 11.8 Å². The molecule has 2 aliphatic heterocycles. The highest BCUT2D eigenvalue weighted by Crippen LogP contribution is 2.33. The van der Waals surface area contributed by atoms with E-state index in [1.54, 1.807) is 37.0 Å². The molecule has 3 amide bonds. The number of aromatic nitrogens is 1. The molecule has 4 atom stereocenters. The first-order valence-corrected chi connectivity index (χ1v) is 9.65. The molecular formula is C17H25N5O2S. The number of nitrogens with one attached hydrogen (secondary N) is 2. The Bertz CT molecular complexity index is 629. The third-order valence-corrected chi connectivity index (χ3v) is 5.99. The summed E-state index contributed by atoms with van der Waals surface area (Å²) in [7, 11) is 3.31. The maximum Gasteiger partial charge on any atom is 0.327 e. The van der Waals surface area contributed by atoms with Crippen LogP contribution < -0.4 is 10.6 Å². The molecule has 136 valence electrons. The Balaban J connectivity index is 1.80. The molecular weight excluding hydrogens is 338 g/mol. The van der Waals surface area contributed by atoms with Gasteiger partial charge >= 0.3 is 6.03 Å². The molecule has 25 heavy (non-hydrogen) atoms. The van der Waals surface area contributed by atoms with E-state index in [-0.39, 0.29) is 35.6 Å². The molecule has 0 saturated carbocycles. The second-order valence-corrected chi connectivity index (χ2v) is 7.62. The van der Waals surface area contributed by atoms with Gasteiger partial charge in [-0.25, -0.2) is 4.79 Å². The summed E-state index contributed by atoms with van der Waals surface area (Å²) in [5.74, 6) is 0.256. The van der Waals surface area contributed by atoms with E-state index >= 15 is 0 Å². The van der Waals surface area contributed by atoms with Gasteiger partial charge in [-0.1, -0.05) is 19.4 Å². The van der Waals surface area contributed by atoms with Gasteiger partial charge in [0.05, 0.1) is 29.3 Å². The van der Waals surface area contributed by atoms with Gasteiger partial charge in [0.2, 0.25) is 5.91 Å². The summed E-state index contributed by atoms with van der Waals surface area (Å²) in [6.07, 6.45) is 3.54. The van der Waals surface area contributed by atoms with Crippen molar-refractivity contribution < 1.29 is 9.59 Å². The number of nitrogens with zero attached hydrogens (tertiary/aromatic N) is 3. The molecule has 2 aliphatic rings. The minimum Gasteiger partial charge on any atom is -0.311 e. The lowest BCUT2D eigenvalue weighted by Gasteiger charge is -2.50. The first kappa shape index (κ1) is 18.2. The van der Waals surface area contributed by atoms with Gasteiger partial charge < -0.3 is 4.90 Å². The molecule has 0 spiro atoms. The lowest BCUT2D eigenvalue weighted by atomic mass is 9.96. The van der Waals surface area contributed by atoms with E-state index in [4.69, 9.17) is 0 Å². The van der Waals surface area contributed by atoms with Gasteiger partial charge in [0, 0.05) is 26.0 Å². The summed E-state index contributed by atoms with van der Waals surface area (Å²) in [6.45, 7) is 2.13. The van der Waals surface area contributed by atoms with E-state index in [0.29, 0.717) is 0 Å². The molecule has 0 bridgehead atoms. The van der Waals surface area contributed by atoms with Crippen molar-refractivity contribution in [2.45, 2.75) is 43.2 Å². The van der Waals surface area contributed by atoms with Crippen molar-refractivity contribution in [2.24, 2.45) is 5.92 Å². The standard InChI is InChI=1S/C17H25N5O2S/c1-4-7-12-19-14-13(16(23)22(3)17(24)21(14)2)15(20-12)25-10-11-8-5-6-9-18-11/h5-6,8-9,12-15,19-20H,4,7,10H2,1-3H3. The predicted octanol–water partition coefficient (Wildman–Crippen LogP) is 1.43. The van der Waals surface area contributed by atoms with Crippen LogP contribution in [0.3, 0.4) is 0 Å². The van der Waals surface area contributed by atoms with Crippen LogP contribution in [-0.4, -0.2) is 58.5 Å². The monoisotopic (exact) mass is 363 g/mol. The average Bonchev–Trinajstić information content (AvgIpc) is 2.63. The van der Waals surface area contributed by atoms with Crippen LogP contribution in [0.25, 0.3) is 0 Å². The fourth-order valence-corrected chi connectivity index (χ4v) is 4.64. The summed E-state index contributed by atoms with van der Waals surface area (Å²) in [6, 6.07) is 5.58. The Morgan fingerprint density at radius 3 is 2.72 bits per heavy atom. The summed E-state index contributed by atoms with van der Waals surface area (Å²) >= 11 is 1.68. The molecule has 0 aliphatic carbocycles. The van der Waals surface area contributed by atoms with Crippen molar-refractivity contribution in [3.05, 3.63) is 30.1 Å². The normalized spacial score (nSPS) is 29.7. The first-order valence-electron chi connectivity index (χ1n) is 8.61. The second kappa shape index (κ2) is 7.72. The van der Waals surface area contributed by atoms with E-state index in [9.17, 15) is 9.59 Å². The SMILES string of the molecule is CCCC1NC(SCc2ccccn2)C2C(=O)N(C)C(=O)N(C)C2N1. The Morgan fingerprint density at radius 1 is 1.24 bits per heavy atom. The maximum atomic E-state index is 12.8. The summed E-state index contributed by atoms with van der Waals surface area (Å²) < 4.78 is 0. The van der Waals surface area contributed by atoms with Crippen molar-refractivity contribution in [1.82, 2.24) is 25.4 Å². The first-order chi connectivity index (χ1) is 12.0. The Kier molecular flexibility index (Phi) is 5.61. The van der Waals surface area contributed by atoms with Crippen LogP contribution in [0, 0.1) is 5.92 Å². The Labute approximate surface area is 152 Å². The van der Waals surface area contributed by atoms with Crippen LogP contribution in [-0.2, 0) is 10.5 Å². The number of pyridine rings is 1. The number of fused-ring (bicyclic) bond motifs is 1. The zero-order valence-electron chi connectivity index (χ0n) is 14.8. The van der Waals surface area contributed by atoms with Gasteiger partial charge in [0.25, 0.3) is 0 Å². The van der Waals surface area contributed by atoms with E-state index in [2.05, 4.69) is 22.5 Å². The molecule has 1 aromatic rings. The van der Waals surface area contributed by atoms with E-state index in [1.165, 1.54) is 4.90 Å². The number of hydrogen-bond acceptors (Lipinski definition) is 6. The van der Waals surface area contributed by atoms with Crippen molar-refractivity contribution >= 4 is 23.7 Å². The number of urea groups is 1. The molecule has 3 heterocycles. The summed E-state index contributed by atoms with van der Waals surface area (Å²) in [4.78, 5) is 32.3. The predicted molar refractivity (Wildman–Crippen MR) is 97.5 cm³/mol. The summed E-state index contributed by atoms with van der Waals surface area (Å²) in [5.41, 5.74) is 0.984. The molecule has 2 saturated heterocycles. The highest BCUT2D eigenvalue weighted by Gasteiger charge is 2.50. The smallest absolute Gasteiger partial charge is 0.311 e. The van der Waals surface area contributed by atoms with Crippen LogP contribution in [0.1, 0.15) is 25.5 Å². The number of hydrogen-bond donors (Lipinski definition) is 2. The van der Waals surface area contributed by atoms with Crippen molar-refractivity contribution in [3.8, 4) is 0 Å². The highest BCUT2D eigenvalue weighted by molar-refractivity contribution is 7.99. The lowest BCUT2D eigenvalue weighted by Crippen LogP contribution is -2.74. The third kappa shape index (κ3) is 3.65. The number of rotatable bonds is 5. The number of carbonyl (C=O) groups excluding carboxylic acids is 2. The minimum atomic E-state index is -0.325. The third-order valence-electron chi connectivity index (χ3n) is 4.74. The van der Waals surface area contributed by atoms with Crippen LogP contribution in [0.5, 0.6) is 0 Å². The molecule has 7 nitrogen and oxygen atoms in total. The molecule has 0 radical (unpaired) electrons. The number of imide groups is 1. The molecule has 2 N–H and O–H groups in total. The molecule has 2 fully saturated rings. The largest absolute Gasteiger partial charge is 0.327 e. The van der Waals surface area contributed by atoms with Crippen molar-refractivity contribution in [3.63, 3.8) is 0 Å². The van der Waals surface area contributed by atoms with Crippen molar-refractivity contribution in [1.29, 1.82) is 0 Å². The Morgan fingerprint density at radius 2 is 2.04 bits per heavy atom.